The predicted molar refractivity (Wildman–Crippen MR) is 172 cm³/mol. The molecule has 0 bridgehead atoms. The third-order valence-corrected chi connectivity index (χ3v) is 9.71. The zero-order valence-electron chi connectivity index (χ0n) is 23.4. The number of thioether (sulfide) groups is 1. The minimum absolute atomic E-state index is 0.0130. The van der Waals surface area contributed by atoms with E-state index in [1.807, 2.05) is 73.7 Å². The number of ether oxygens (including phenoxy) is 2. The zero-order chi connectivity index (χ0) is 30.6. The van der Waals surface area contributed by atoms with Gasteiger partial charge < -0.3 is 19.9 Å². The van der Waals surface area contributed by atoms with E-state index in [2.05, 4.69) is 28.5 Å². The molecule has 1 saturated heterocycles. The molecule has 226 valence electrons. The molecule has 43 heavy (non-hydrogen) atoms. The Morgan fingerprint density at radius 1 is 0.977 bits per heavy atom. The Morgan fingerprint density at radius 3 is 2.37 bits per heavy atom. The fourth-order valence-electron chi connectivity index (χ4n) is 4.81. The fraction of sp³-hybridized carbons (Fsp3) is 0.323. The Bertz CT molecular complexity index is 1550. The first-order valence-corrected chi connectivity index (χ1v) is 16.5. The first-order valence-electron chi connectivity index (χ1n) is 13.6. The number of halogens is 3. The molecular formula is C31H30Cl3N3O4S2. The molecule has 0 saturated carbocycles. The van der Waals surface area contributed by atoms with Crippen LogP contribution >= 0.6 is 57.9 Å². The van der Waals surface area contributed by atoms with Gasteiger partial charge in [-0.05, 0) is 46.9 Å². The van der Waals surface area contributed by atoms with E-state index in [1.165, 1.54) is 0 Å². The number of hydrogen-bond donors (Lipinski definition) is 2. The number of aliphatic hydroxyl groups excluding tert-OH is 1. The van der Waals surface area contributed by atoms with Crippen molar-refractivity contribution in [2.45, 2.75) is 53.6 Å². The topological polar surface area (TPSA) is 93.6 Å². The van der Waals surface area contributed by atoms with Crippen molar-refractivity contribution in [3.8, 4) is 11.1 Å². The van der Waals surface area contributed by atoms with E-state index in [-0.39, 0.29) is 31.3 Å². The van der Waals surface area contributed by atoms with Crippen molar-refractivity contribution in [3.63, 3.8) is 0 Å². The molecule has 2 N–H and O–H groups in total. The third-order valence-electron chi connectivity index (χ3n) is 7.13. The average Bonchev–Trinajstić information content (AvgIpc) is 3.44. The lowest BCUT2D eigenvalue weighted by Gasteiger charge is -2.41. The zero-order valence-corrected chi connectivity index (χ0v) is 27.3. The molecule has 1 aliphatic rings. The first-order chi connectivity index (χ1) is 20.6. The van der Waals surface area contributed by atoms with E-state index < -0.39 is 16.0 Å². The van der Waals surface area contributed by atoms with Gasteiger partial charge in [-0.15, -0.1) is 10.2 Å². The summed E-state index contributed by atoms with van der Waals surface area (Å²) in [4.78, 5) is 12.0. The highest BCUT2D eigenvalue weighted by atomic mass is 35.6. The van der Waals surface area contributed by atoms with Crippen LogP contribution in [0.2, 0.25) is 0 Å². The van der Waals surface area contributed by atoms with E-state index in [0.717, 1.165) is 42.7 Å². The number of rotatable bonds is 9. The Hall–Kier alpha value is -2.21. The molecule has 0 radical (unpaired) electrons. The van der Waals surface area contributed by atoms with Gasteiger partial charge in [0.1, 0.15) is 5.01 Å². The third kappa shape index (κ3) is 8.29. The van der Waals surface area contributed by atoms with Crippen molar-refractivity contribution in [2.24, 2.45) is 5.92 Å². The summed E-state index contributed by atoms with van der Waals surface area (Å²) >= 11 is 20.3. The molecule has 1 amide bonds. The number of amides is 1. The summed E-state index contributed by atoms with van der Waals surface area (Å²) in [6, 6.07) is 23.7. The SMILES string of the molecule is Cc1nnc(SC[C@@H]2O[C@H](c3cccc(-c4cccc(CNC(=O)C(Cl)(Cl)Cl)c4)c3)O[C@H](c3ccc(CO)cc3)[C@@H]2C)s1. The number of hydrogen-bond acceptors (Lipinski definition) is 8. The lowest BCUT2D eigenvalue weighted by atomic mass is 9.91. The number of benzene rings is 3. The fourth-order valence-corrected chi connectivity index (χ4v) is 7.01. The number of alkyl halides is 3. The summed E-state index contributed by atoms with van der Waals surface area (Å²) in [6.45, 7) is 4.29. The van der Waals surface area contributed by atoms with Gasteiger partial charge in [-0.2, -0.15) is 0 Å². The van der Waals surface area contributed by atoms with Crippen LogP contribution in [0.25, 0.3) is 11.1 Å². The lowest BCUT2D eigenvalue weighted by molar-refractivity contribution is -0.268. The van der Waals surface area contributed by atoms with Gasteiger partial charge >= 0.3 is 0 Å². The number of aryl methyl sites for hydroxylation is 1. The maximum absolute atomic E-state index is 12.0. The molecule has 0 spiro atoms. The van der Waals surface area contributed by atoms with Gasteiger partial charge in [-0.1, -0.05) is 125 Å². The monoisotopic (exact) mass is 677 g/mol. The van der Waals surface area contributed by atoms with Crippen LogP contribution in [0.3, 0.4) is 0 Å². The van der Waals surface area contributed by atoms with Crippen molar-refractivity contribution < 1.29 is 19.4 Å². The molecule has 7 nitrogen and oxygen atoms in total. The molecule has 4 aromatic rings. The maximum Gasteiger partial charge on any atom is 0.272 e. The highest BCUT2D eigenvalue weighted by Gasteiger charge is 2.38. The van der Waals surface area contributed by atoms with Crippen LogP contribution in [0.4, 0.5) is 0 Å². The second kappa shape index (κ2) is 14.3. The van der Waals surface area contributed by atoms with Crippen molar-refractivity contribution in [1.29, 1.82) is 0 Å². The smallest absolute Gasteiger partial charge is 0.272 e. The summed E-state index contributed by atoms with van der Waals surface area (Å²) in [5.41, 5.74) is 5.55. The Balaban J connectivity index is 1.38. The van der Waals surface area contributed by atoms with Crippen molar-refractivity contribution in [3.05, 3.63) is 100 Å². The van der Waals surface area contributed by atoms with Crippen LogP contribution in [0.5, 0.6) is 0 Å². The summed E-state index contributed by atoms with van der Waals surface area (Å²) in [5.74, 6) is 0.0727. The van der Waals surface area contributed by atoms with Crippen LogP contribution < -0.4 is 5.32 Å². The van der Waals surface area contributed by atoms with Gasteiger partial charge in [0.25, 0.3) is 9.70 Å². The molecule has 1 aromatic heterocycles. The number of nitrogens with zero attached hydrogens (tertiary/aromatic N) is 2. The predicted octanol–water partition coefficient (Wildman–Crippen LogP) is 7.58. The van der Waals surface area contributed by atoms with E-state index >= 15 is 0 Å². The normalized spacial score (nSPS) is 20.6. The number of carbonyl (C=O) groups excluding carboxylic acids is 1. The van der Waals surface area contributed by atoms with Gasteiger partial charge in [0.05, 0.1) is 18.8 Å². The van der Waals surface area contributed by atoms with Crippen LogP contribution in [-0.2, 0) is 27.4 Å². The first kappa shape index (κ1) is 32.2. The Kier molecular flexibility index (Phi) is 10.7. The quantitative estimate of drug-likeness (QED) is 0.139. The summed E-state index contributed by atoms with van der Waals surface area (Å²) in [6.07, 6.45) is -0.946. The summed E-state index contributed by atoms with van der Waals surface area (Å²) < 4.78 is 12.1. The average molecular weight is 679 g/mol. The number of aromatic nitrogens is 2. The van der Waals surface area contributed by atoms with Gasteiger partial charge in [0.2, 0.25) is 0 Å². The summed E-state index contributed by atoms with van der Waals surface area (Å²) in [5, 5.41) is 21.5. The Morgan fingerprint density at radius 2 is 1.70 bits per heavy atom. The molecule has 2 heterocycles. The van der Waals surface area contributed by atoms with Crippen molar-refractivity contribution >= 4 is 63.8 Å². The van der Waals surface area contributed by atoms with Crippen LogP contribution in [-0.4, -0.2) is 36.9 Å². The molecule has 1 fully saturated rings. The van der Waals surface area contributed by atoms with Crippen LogP contribution in [0.1, 0.15) is 46.6 Å². The minimum atomic E-state index is -2.02. The van der Waals surface area contributed by atoms with Gasteiger partial charge in [-0.25, -0.2) is 0 Å². The lowest BCUT2D eigenvalue weighted by Crippen LogP contribution is -2.38. The Labute approximate surface area is 273 Å². The number of carbonyl (C=O) groups is 1. The molecule has 0 unspecified atom stereocenters. The standard InChI is InChI=1S/C31H30Cl3N3O4S2/c1-18-26(17-42-30-37-36-19(2)43-30)40-28(41-27(18)22-11-9-20(16-38)10-12-22)25-8-4-7-24(14-25)23-6-3-5-21(13-23)15-35-29(39)31(32,33)34/h3-14,18,26-28,38H,15-17H2,1-2H3,(H,35,39)/t18-,26+,27+,28+/m1/s1. The maximum atomic E-state index is 12.0. The summed E-state index contributed by atoms with van der Waals surface area (Å²) in [7, 11) is 0. The number of aliphatic hydroxyl groups is 1. The van der Waals surface area contributed by atoms with E-state index in [1.54, 1.807) is 23.1 Å². The van der Waals surface area contributed by atoms with Gasteiger partial charge in [0, 0.05) is 23.8 Å². The molecular weight excluding hydrogens is 649 g/mol. The van der Waals surface area contributed by atoms with Crippen molar-refractivity contribution in [2.75, 3.05) is 5.75 Å². The molecule has 3 aromatic carbocycles. The van der Waals surface area contributed by atoms with E-state index in [0.29, 0.717) is 5.75 Å². The molecule has 1 aliphatic heterocycles. The second-order valence-corrected chi connectivity index (χ2v) is 15.0. The molecule has 12 heteroatoms. The van der Waals surface area contributed by atoms with Crippen LogP contribution in [0, 0.1) is 12.8 Å². The molecule has 5 rings (SSSR count). The van der Waals surface area contributed by atoms with Gasteiger partial charge in [-0.3, -0.25) is 4.79 Å². The minimum Gasteiger partial charge on any atom is -0.392 e. The number of nitrogens with one attached hydrogen (secondary N) is 1. The largest absolute Gasteiger partial charge is 0.392 e. The van der Waals surface area contributed by atoms with E-state index in [9.17, 15) is 9.90 Å². The molecule has 0 aliphatic carbocycles. The molecule has 4 atom stereocenters. The highest BCUT2D eigenvalue weighted by Crippen LogP contribution is 2.43. The van der Waals surface area contributed by atoms with Crippen LogP contribution in [0.15, 0.2) is 77.1 Å². The van der Waals surface area contributed by atoms with Crippen molar-refractivity contribution in [1.82, 2.24) is 15.5 Å². The highest BCUT2D eigenvalue weighted by molar-refractivity contribution is 8.01. The second-order valence-electron chi connectivity index (χ2n) is 10.2. The van der Waals surface area contributed by atoms with Gasteiger partial charge in [0.15, 0.2) is 10.6 Å². The van der Waals surface area contributed by atoms with E-state index in [4.69, 9.17) is 44.3 Å².